The molecule has 7 nitrogen and oxygen atoms in total. The van der Waals surface area contributed by atoms with Crippen LogP contribution in [0.15, 0.2) is 78.7 Å². The van der Waals surface area contributed by atoms with E-state index in [9.17, 15) is 13.2 Å². The second-order valence-corrected chi connectivity index (χ2v) is 8.64. The zero-order valence-corrected chi connectivity index (χ0v) is 18.8. The summed E-state index contributed by atoms with van der Waals surface area (Å²) in [5.41, 5.74) is 0.966. The molecular weight excluding hydrogens is 434 g/mol. The molecule has 0 aliphatic rings. The topological polar surface area (TPSA) is 87.7 Å². The molecule has 0 fully saturated rings. The summed E-state index contributed by atoms with van der Waals surface area (Å²) in [5.74, 6) is 0.304. The molecule has 2 aromatic carbocycles. The minimum atomic E-state index is -3.68. The minimum Gasteiger partial charge on any atom is -0.494 e. The average molecular weight is 460 g/mol. The molecule has 2 rings (SSSR count). The zero-order valence-electron chi connectivity index (χ0n) is 17.2. The summed E-state index contributed by atoms with van der Waals surface area (Å²) in [7, 11) is -3.68. The number of hydrogen-bond donors (Lipinski definition) is 2. The Hall–Kier alpha value is -3.01. The Bertz CT molecular complexity index is 1020. The number of carbonyl (C=O) groups excluding carboxylic acids is 1. The quantitative estimate of drug-likeness (QED) is 0.417. The highest BCUT2D eigenvalue weighted by Crippen LogP contribution is 2.19. The van der Waals surface area contributed by atoms with E-state index in [0.29, 0.717) is 23.6 Å². The van der Waals surface area contributed by atoms with Crippen molar-refractivity contribution in [3.8, 4) is 5.75 Å². The van der Waals surface area contributed by atoms with Crippen LogP contribution in [0, 0.1) is 0 Å². The first kappa shape index (κ1) is 24.3. The SMILES string of the molecule is C=CCN(CC=C)S(=O)(=O)c1ccc(NC(=S)NC(=O)c2ccc(OCC)cc2)cc1. The molecular formula is C22H25N3O4S2. The maximum Gasteiger partial charge on any atom is 0.257 e. The van der Waals surface area contributed by atoms with Gasteiger partial charge in [0.2, 0.25) is 10.0 Å². The molecule has 0 atom stereocenters. The number of nitrogens with one attached hydrogen (secondary N) is 2. The Balaban J connectivity index is 2.01. The number of rotatable bonds is 10. The maximum absolute atomic E-state index is 12.7. The van der Waals surface area contributed by atoms with E-state index < -0.39 is 10.0 Å². The van der Waals surface area contributed by atoms with Crippen molar-refractivity contribution in [2.75, 3.05) is 25.0 Å². The summed E-state index contributed by atoms with van der Waals surface area (Å²) in [6.07, 6.45) is 3.03. The van der Waals surface area contributed by atoms with Crippen LogP contribution in [0.1, 0.15) is 17.3 Å². The maximum atomic E-state index is 12.7. The molecule has 0 radical (unpaired) electrons. The fourth-order valence-corrected chi connectivity index (χ4v) is 4.22. The van der Waals surface area contributed by atoms with Gasteiger partial charge in [0, 0.05) is 24.3 Å². The van der Waals surface area contributed by atoms with Crippen LogP contribution >= 0.6 is 12.2 Å². The Morgan fingerprint density at radius 2 is 1.65 bits per heavy atom. The molecule has 9 heteroatoms. The number of anilines is 1. The van der Waals surface area contributed by atoms with Crippen LogP contribution in [-0.2, 0) is 10.0 Å². The highest BCUT2D eigenvalue weighted by atomic mass is 32.2. The van der Waals surface area contributed by atoms with Gasteiger partial charge in [0.15, 0.2) is 5.11 Å². The standard InChI is InChI=1S/C22H25N3O4S2/c1-4-15-25(16-5-2)31(27,28)20-13-9-18(10-14-20)23-22(30)24-21(26)17-7-11-19(12-8-17)29-6-3/h4-5,7-14H,1-2,6,15-16H2,3H3,(H2,23,24,26,30). The van der Waals surface area contributed by atoms with Gasteiger partial charge in [0.05, 0.1) is 11.5 Å². The molecule has 0 aliphatic carbocycles. The molecule has 2 N–H and O–H groups in total. The van der Waals surface area contributed by atoms with E-state index in [0.717, 1.165) is 0 Å². The van der Waals surface area contributed by atoms with Crippen LogP contribution in [-0.4, -0.2) is 43.4 Å². The fraction of sp³-hybridized carbons (Fsp3) is 0.182. The zero-order chi connectivity index (χ0) is 22.9. The first-order valence-electron chi connectivity index (χ1n) is 9.49. The monoisotopic (exact) mass is 459 g/mol. The molecule has 0 saturated carbocycles. The van der Waals surface area contributed by atoms with Gasteiger partial charge < -0.3 is 10.1 Å². The molecule has 0 unspecified atom stereocenters. The molecule has 0 bridgehead atoms. The Morgan fingerprint density at radius 3 is 2.16 bits per heavy atom. The summed E-state index contributed by atoms with van der Waals surface area (Å²) in [6, 6.07) is 12.8. The van der Waals surface area contributed by atoms with E-state index in [-0.39, 0.29) is 29.0 Å². The lowest BCUT2D eigenvalue weighted by Crippen LogP contribution is -2.34. The van der Waals surface area contributed by atoms with Crippen molar-refractivity contribution in [2.45, 2.75) is 11.8 Å². The third-order valence-corrected chi connectivity index (χ3v) is 6.12. The number of nitrogens with zero attached hydrogens (tertiary/aromatic N) is 1. The van der Waals surface area contributed by atoms with E-state index in [1.54, 1.807) is 36.4 Å². The number of thiocarbonyl (C=S) groups is 1. The van der Waals surface area contributed by atoms with Crippen LogP contribution in [0.2, 0.25) is 0 Å². The molecule has 1 amide bonds. The van der Waals surface area contributed by atoms with Crippen molar-refractivity contribution < 1.29 is 17.9 Å². The molecule has 164 valence electrons. The molecule has 0 saturated heterocycles. The first-order chi connectivity index (χ1) is 14.8. The van der Waals surface area contributed by atoms with Crippen LogP contribution in [0.3, 0.4) is 0 Å². The Labute approximate surface area is 188 Å². The van der Waals surface area contributed by atoms with Gasteiger partial charge in [-0.1, -0.05) is 12.2 Å². The number of carbonyl (C=O) groups is 1. The van der Waals surface area contributed by atoms with Gasteiger partial charge in [0.25, 0.3) is 5.91 Å². The highest BCUT2D eigenvalue weighted by Gasteiger charge is 2.22. The normalized spacial score (nSPS) is 10.9. The highest BCUT2D eigenvalue weighted by molar-refractivity contribution is 7.89. The van der Waals surface area contributed by atoms with Crippen LogP contribution < -0.4 is 15.4 Å². The van der Waals surface area contributed by atoms with E-state index in [1.165, 1.54) is 28.6 Å². The molecule has 2 aromatic rings. The van der Waals surface area contributed by atoms with E-state index in [2.05, 4.69) is 23.8 Å². The molecule has 0 spiro atoms. The predicted molar refractivity (Wildman–Crippen MR) is 127 cm³/mol. The first-order valence-corrected chi connectivity index (χ1v) is 11.3. The van der Waals surface area contributed by atoms with E-state index in [4.69, 9.17) is 17.0 Å². The fourth-order valence-electron chi connectivity index (χ4n) is 2.62. The molecule has 0 aromatic heterocycles. The van der Waals surface area contributed by atoms with Crippen LogP contribution in [0.4, 0.5) is 5.69 Å². The Kier molecular flexibility index (Phi) is 8.92. The smallest absolute Gasteiger partial charge is 0.257 e. The summed E-state index contributed by atoms with van der Waals surface area (Å²) in [5, 5.41) is 5.54. The molecule has 0 heterocycles. The van der Waals surface area contributed by atoms with Crippen molar-refractivity contribution in [1.82, 2.24) is 9.62 Å². The largest absolute Gasteiger partial charge is 0.494 e. The van der Waals surface area contributed by atoms with E-state index >= 15 is 0 Å². The number of amides is 1. The van der Waals surface area contributed by atoms with Crippen molar-refractivity contribution in [1.29, 1.82) is 0 Å². The Morgan fingerprint density at radius 1 is 1.06 bits per heavy atom. The van der Waals surface area contributed by atoms with Crippen molar-refractivity contribution in [3.63, 3.8) is 0 Å². The van der Waals surface area contributed by atoms with Gasteiger partial charge in [-0.3, -0.25) is 10.1 Å². The third-order valence-electron chi connectivity index (χ3n) is 4.07. The van der Waals surface area contributed by atoms with Crippen molar-refractivity contribution >= 4 is 38.9 Å². The van der Waals surface area contributed by atoms with Gasteiger partial charge in [-0.05, 0) is 67.7 Å². The minimum absolute atomic E-state index is 0.0921. The van der Waals surface area contributed by atoms with Gasteiger partial charge >= 0.3 is 0 Å². The molecule has 0 aliphatic heterocycles. The number of benzene rings is 2. The van der Waals surface area contributed by atoms with Gasteiger partial charge in [-0.25, -0.2) is 8.42 Å². The lowest BCUT2D eigenvalue weighted by Gasteiger charge is -2.19. The van der Waals surface area contributed by atoms with Crippen LogP contribution in [0.5, 0.6) is 5.75 Å². The average Bonchev–Trinajstić information content (AvgIpc) is 2.74. The number of ether oxygens (including phenoxy) is 1. The van der Waals surface area contributed by atoms with Gasteiger partial charge in [0.1, 0.15) is 5.75 Å². The number of hydrogen-bond acceptors (Lipinski definition) is 5. The summed E-state index contributed by atoms with van der Waals surface area (Å²) < 4.78 is 32.1. The van der Waals surface area contributed by atoms with E-state index in [1.807, 2.05) is 6.92 Å². The lowest BCUT2D eigenvalue weighted by molar-refractivity contribution is 0.0977. The summed E-state index contributed by atoms with van der Waals surface area (Å²) >= 11 is 5.18. The lowest BCUT2D eigenvalue weighted by atomic mass is 10.2. The van der Waals surface area contributed by atoms with Crippen LogP contribution in [0.25, 0.3) is 0 Å². The van der Waals surface area contributed by atoms with Crippen molar-refractivity contribution in [3.05, 3.63) is 79.4 Å². The molecule has 31 heavy (non-hydrogen) atoms. The number of sulfonamides is 1. The van der Waals surface area contributed by atoms with Crippen molar-refractivity contribution in [2.24, 2.45) is 0 Å². The second kappa shape index (κ2) is 11.4. The summed E-state index contributed by atoms with van der Waals surface area (Å²) in [4.78, 5) is 12.4. The summed E-state index contributed by atoms with van der Waals surface area (Å²) in [6.45, 7) is 9.95. The van der Waals surface area contributed by atoms with Gasteiger partial charge in [-0.2, -0.15) is 4.31 Å². The van der Waals surface area contributed by atoms with Gasteiger partial charge in [-0.15, -0.1) is 13.2 Å². The third kappa shape index (κ3) is 6.74. The predicted octanol–water partition coefficient (Wildman–Crippen LogP) is 3.57. The second-order valence-electron chi connectivity index (χ2n) is 6.29.